The van der Waals surface area contributed by atoms with Gasteiger partial charge in [0, 0.05) is 12.1 Å². The van der Waals surface area contributed by atoms with E-state index in [1.807, 2.05) is 12.1 Å². The van der Waals surface area contributed by atoms with Crippen LogP contribution in [0.25, 0.3) is 0 Å². The molecule has 1 aliphatic carbocycles. The first-order valence-electron chi connectivity index (χ1n) is 6.46. The van der Waals surface area contributed by atoms with Crippen molar-refractivity contribution in [3.8, 4) is 0 Å². The predicted octanol–water partition coefficient (Wildman–Crippen LogP) is 4.28. The van der Waals surface area contributed by atoms with Gasteiger partial charge in [0.25, 0.3) is 5.69 Å². The average molecular weight is 233 g/mol. The Bertz CT molecular complexity index is 386. The van der Waals surface area contributed by atoms with Gasteiger partial charge in [-0.1, -0.05) is 38.3 Å². The molecule has 2 rings (SSSR count). The molecule has 0 heterocycles. The first-order valence-corrected chi connectivity index (χ1v) is 6.46. The van der Waals surface area contributed by atoms with Gasteiger partial charge in [-0.3, -0.25) is 10.1 Å². The molecule has 0 amide bonds. The molecule has 3 nitrogen and oxygen atoms in total. The monoisotopic (exact) mass is 233 g/mol. The van der Waals surface area contributed by atoms with E-state index in [2.05, 4.69) is 6.92 Å². The number of hydrogen-bond acceptors (Lipinski definition) is 2. The lowest BCUT2D eigenvalue weighted by Crippen LogP contribution is -1.89. The van der Waals surface area contributed by atoms with Crippen LogP contribution in [0.15, 0.2) is 24.3 Å². The summed E-state index contributed by atoms with van der Waals surface area (Å²) in [5.41, 5.74) is 1.47. The molecule has 1 aromatic carbocycles. The quantitative estimate of drug-likeness (QED) is 0.418. The highest BCUT2D eigenvalue weighted by atomic mass is 16.6. The summed E-state index contributed by atoms with van der Waals surface area (Å²) in [5.74, 6) is 1.48. The summed E-state index contributed by atoms with van der Waals surface area (Å²) in [6.45, 7) is 2.22. The molecule has 1 fully saturated rings. The topological polar surface area (TPSA) is 43.1 Å². The van der Waals surface area contributed by atoms with Crippen molar-refractivity contribution in [2.45, 2.75) is 44.9 Å². The van der Waals surface area contributed by atoms with Crippen molar-refractivity contribution in [1.82, 2.24) is 0 Å². The predicted molar refractivity (Wildman–Crippen MR) is 68.1 cm³/mol. The van der Waals surface area contributed by atoms with E-state index < -0.39 is 0 Å². The second-order valence-electron chi connectivity index (χ2n) is 4.95. The van der Waals surface area contributed by atoms with E-state index in [0.29, 0.717) is 5.92 Å². The van der Waals surface area contributed by atoms with Gasteiger partial charge in [0.15, 0.2) is 0 Å². The van der Waals surface area contributed by atoms with Crippen LogP contribution < -0.4 is 0 Å². The van der Waals surface area contributed by atoms with E-state index in [9.17, 15) is 10.1 Å². The lowest BCUT2D eigenvalue weighted by Gasteiger charge is -2.00. The molecule has 17 heavy (non-hydrogen) atoms. The molecule has 1 saturated carbocycles. The van der Waals surface area contributed by atoms with Crippen LogP contribution in [0.3, 0.4) is 0 Å². The van der Waals surface area contributed by atoms with Crippen LogP contribution in [0.2, 0.25) is 0 Å². The molecular weight excluding hydrogens is 214 g/mol. The maximum Gasteiger partial charge on any atom is 0.269 e. The highest BCUT2D eigenvalue weighted by Crippen LogP contribution is 2.50. The Balaban J connectivity index is 1.86. The van der Waals surface area contributed by atoms with Crippen LogP contribution in [0.5, 0.6) is 0 Å². The Kier molecular flexibility index (Phi) is 3.77. The molecule has 0 saturated heterocycles. The summed E-state index contributed by atoms with van der Waals surface area (Å²) in [7, 11) is 0. The number of nitro benzene ring substituents is 1. The van der Waals surface area contributed by atoms with Crippen molar-refractivity contribution in [1.29, 1.82) is 0 Å². The zero-order valence-electron chi connectivity index (χ0n) is 10.3. The fourth-order valence-corrected chi connectivity index (χ4v) is 2.47. The maximum atomic E-state index is 10.5. The fourth-order valence-electron chi connectivity index (χ4n) is 2.47. The first-order chi connectivity index (χ1) is 8.22. The molecular formula is C14H19NO2. The highest BCUT2D eigenvalue weighted by molar-refractivity contribution is 5.36. The number of unbranched alkanes of at least 4 members (excludes halogenated alkanes) is 2. The van der Waals surface area contributed by atoms with Crippen LogP contribution in [-0.4, -0.2) is 4.92 Å². The molecule has 0 radical (unpaired) electrons. The van der Waals surface area contributed by atoms with Gasteiger partial charge in [-0.25, -0.2) is 0 Å². The van der Waals surface area contributed by atoms with Gasteiger partial charge in [-0.15, -0.1) is 0 Å². The van der Waals surface area contributed by atoms with Crippen molar-refractivity contribution in [3.63, 3.8) is 0 Å². The minimum Gasteiger partial charge on any atom is -0.258 e. The smallest absolute Gasteiger partial charge is 0.258 e. The Labute approximate surface area is 102 Å². The number of nitrogens with zero attached hydrogens (tertiary/aromatic N) is 1. The molecule has 92 valence electrons. The Morgan fingerprint density at radius 1 is 1.29 bits per heavy atom. The molecule has 0 unspecified atom stereocenters. The van der Waals surface area contributed by atoms with Gasteiger partial charge >= 0.3 is 0 Å². The van der Waals surface area contributed by atoms with Gasteiger partial charge < -0.3 is 0 Å². The lowest BCUT2D eigenvalue weighted by atomic mass is 10.1. The molecule has 3 heteroatoms. The van der Waals surface area contributed by atoms with E-state index in [0.717, 1.165) is 5.92 Å². The molecule has 0 aromatic heterocycles. The standard InChI is InChI=1S/C14H19NO2/c1-2-3-4-5-12-10-14(12)11-6-8-13(9-7-11)15(16)17/h6-9,12,14H,2-5,10H2,1H3/t12-,14+/m0/s1. The van der Waals surface area contributed by atoms with Gasteiger partial charge in [0.05, 0.1) is 4.92 Å². The molecule has 1 aliphatic rings. The van der Waals surface area contributed by atoms with E-state index >= 15 is 0 Å². The zero-order chi connectivity index (χ0) is 12.3. The summed E-state index contributed by atoms with van der Waals surface area (Å²) in [6.07, 6.45) is 6.50. The Hall–Kier alpha value is -1.38. The van der Waals surface area contributed by atoms with Gasteiger partial charge in [-0.2, -0.15) is 0 Å². The minimum absolute atomic E-state index is 0.192. The molecule has 0 N–H and O–H groups in total. The first kappa shape index (κ1) is 12.1. The summed E-state index contributed by atoms with van der Waals surface area (Å²) < 4.78 is 0. The van der Waals surface area contributed by atoms with E-state index in [1.54, 1.807) is 12.1 Å². The SMILES string of the molecule is CCCCC[C@H]1C[C@@H]1c1ccc([N+](=O)[O-])cc1. The number of benzene rings is 1. The Morgan fingerprint density at radius 2 is 2.00 bits per heavy atom. The van der Waals surface area contributed by atoms with Crippen molar-refractivity contribution in [3.05, 3.63) is 39.9 Å². The summed E-state index contributed by atoms with van der Waals surface area (Å²) in [5, 5.41) is 10.5. The third-order valence-electron chi connectivity index (χ3n) is 3.63. The van der Waals surface area contributed by atoms with Crippen LogP contribution in [-0.2, 0) is 0 Å². The van der Waals surface area contributed by atoms with E-state index in [4.69, 9.17) is 0 Å². The molecule has 0 aliphatic heterocycles. The van der Waals surface area contributed by atoms with Crippen LogP contribution in [0, 0.1) is 16.0 Å². The highest BCUT2D eigenvalue weighted by Gasteiger charge is 2.37. The molecule has 0 spiro atoms. The van der Waals surface area contributed by atoms with Gasteiger partial charge in [0.2, 0.25) is 0 Å². The molecule has 0 bridgehead atoms. The molecule has 1 aromatic rings. The second kappa shape index (κ2) is 5.30. The van der Waals surface area contributed by atoms with E-state index in [-0.39, 0.29) is 10.6 Å². The van der Waals surface area contributed by atoms with Crippen molar-refractivity contribution < 1.29 is 4.92 Å². The minimum atomic E-state index is -0.338. The van der Waals surface area contributed by atoms with E-state index in [1.165, 1.54) is 37.7 Å². The number of non-ortho nitro benzene ring substituents is 1. The Morgan fingerprint density at radius 3 is 2.59 bits per heavy atom. The summed E-state index contributed by atoms with van der Waals surface area (Å²) in [4.78, 5) is 10.2. The number of nitro groups is 1. The van der Waals surface area contributed by atoms with Gasteiger partial charge in [-0.05, 0) is 30.2 Å². The van der Waals surface area contributed by atoms with Crippen LogP contribution >= 0.6 is 0 Å². The zero-order valence-corrected chi connectivity index (χ0v) is 10.3. The summed E-state index contributed by atoms with van der Waals surface area (Å²) >= 11 is 0. The maximum absolute atomic E-state index is 10.5. The fraction of sp³-hybridized carbons (Fsp3) is 0.571. The average Bonchev–Trinajstić information content (AvgIpc) is 3.09. The van der Waals surface area contributed by atoms with Crippen molar-refractivity contribution >= 4 is 5.69 Å². The van der Waals surface area contributed by atoms with Crippen LogP contribution in [0.1, 0.15) is 50.5 Å². The van der Waals surface area contributed by atoms with Crippen molar-refractivity contribution in [2.24, 2.45) is 5.92 Å². The molecule has 2 atom stereocenters. The number of rotatable bonds is 6. The normalized spacial score (nSPS) is 22.4. The number of hydrogen-bond donors (Lipinski definition) is 0. The van der Waals surface area contributed by atoms with Gasteiger partial charge in [0.1, 0.15) is 0 Å². The third-order valence-corrected chi connectivity index (χ3v) is 3.63. The largest absolute Gasteiger partial charge is 0.269 e. The van der Waals surface area contributed by atoms with Crippen LogP contribution in [0.4, 0.5) is 5.69 Å². The second-order valence-corrected chi connectivity index (χ2v) is 4.95. The van der Waals surface area contributed by atoms with Crippen molar-refractivity contribution in [2.75, 3.05) is 0 Å². The lowest BCUT2D eigenvalue weighted by molar-refractivity contribution is -0.384. The summed E-state index contributed by atoms with van der Waals surface area (Å²) in [6, 6.07) is 7.08. The third kappa shape index (κ3) is 3.05.